The average molecular weight is 282 g/mol. The molecule has 1 N–H and O–H groups in total. The van der Waals surface area contributed by atoms with Crippen molar-refractivity contribution in [1.82, 2.24) is 5.32 Å². The molecule has 0 radical (unpaired) electrons. The molecule has 0 heterocycles. The number of methoxy groups -OCH3 is 1. The smallest absolute Gasteiger partial charge is 0.0587 e. The van der Waals surface area contributed by atoms with E-state index < -0.39 is 0 Å². The van der Waals surface area contributed by atoms with E-state index in [1.165, 1.54) is 18.4 Å². The maximum absolute atomic E-state index is 5.95. The monoisotopic (exact) mass is 281 g/mol. The van der Waals surface area contributed by atoms with Gasteiger partial charge in [-0.2, -0.15) is 0 Å². The molecular formula is C16H24ClNO. The van der Waals surface area contributed by atoms with Crippen LogP contribution in [-0.4, -0.2) is 26.8 Å². The molecule has 106 valence electrons. The molecule has 0 aliphatic heterocycles. The first kappa shape index (κ1) is 14.8. The molecule has 1 unspecified atom stereocenters. The van der Waals surface area contributed by atoms with Gasteiger partial charge < -0.3 is 10.1 Å². The van der Waals surface area contributed by atoms with E-state index in [2.05, 4.69) is 24.4 Å². The average Bonchev–Trinajstić information content (AvgIpc) is 3.22. The largest absolute Gasteiger partial charge is 0.383 e. The van der Waals surface area contributed by atoms with Crippen LogP contribution in [0.4, 0.5) is 0 Å². The maximum atomic E-state index is 5.95. The third kappa shape index (κ3) is 4.48. The van der Waals surface area contributed by atoms with Crippen molar-refractivity contribution < 1.29 is 4.74 Å². The number of hydrogen-bond donors (Lipinski definition) is 1. The lowest BCUT2D eigenvalue weighted by Crippen LogP contribution is -2.37. The van der Waals surface area contributed by atoms with Crippen LogP contribution in [-0.2, 0) is 11.2 Å². The lowest BCUT2D eigenvalue weighted by atomic mass is 9.79. The van der Waals surface area contributed by atoms with Gasteiger partial charge in [0.2, 0.25) is 0 Å². The molecule has 2 rings (SSSR count). The Hall–Kier alpha value is -0.570. The molecule has 0 saturated heterocycles. The summed E-state index contributed by atoms with van der Waals surface area (Å²) in [6, 6.07) is 8.28. The molecule has 1 aliphatic rings. The second-order valence-corrected chi connectivity index (χ2v) is 6.34. The fourth-order valence-corrected chi connectivity index (χ4v) is 2.87. The van der Waals surface area contributed by atoms with Crippen LogP contribution < -0.4 is 5.32 Å². The molecule has 3 heteroatoms. The van der Waals surface area contributed by atoms with Crippen LogP contribution in [0.3, 0.4) is 0 Å². The van der Waals surface area contributed by atoms with Crippen molar-refractivity contribution in [1.29, 1.82) is 0 Å². The van der Waals surface area contributed by atoms with Gasteiger partial charge in [0.15, 0.2) is 0 Å². The molecule has 0 spiro atoms. The highest BCUT2D eigenvalue weighted by Gasteiger charge is 2.40. The third-order valence-electron chi connectivity index (χ3n) is 4.10. The highest BCUT2D eigenvalue weighted by atomic mass is 35.5. The molecule has 1 aromatic carbocycles. The Morgan fingerprint density at radius 2 is 2.00 bits per heavy atom. The Bertz CT molecular complexity index is 388. The Balaban J connectivity index is 1.92. The van der Waals surface area contributed by atoms with E-state index >= 15 is 0 Å². The van der Waals surface area contributed by atoms with Crippen LogP contribution >= 0.6 is 11.6 Å². The summed E-state index contributed by atoms with van der Waals surface area (Å²) in [5.74, 6) is 0.859. The topological polar surface area (TPSA) is 21.3 Å². The van der Waals surface area contributed by atoms with E-state index in [1.54, 1.807) is 7.11 Å². The number of benzene rings is 1. The lowest BCUT2D eigenvalue weighted by Gasteiger charge is -2.30. The van der Waals surface area contributed by atoms with Crippen molar-refractivity contribution in [3.8, 4) is 0 Å². The van der Waals surface area contributed by atoms with Crippen molar-refractivity contribution in [3.05, 3.63) is 34.9 Å². The fourth-order valence-electron chi connectivity index (χ4n) is 2.75. The molecule has 2 nitrogen and oxygen atoms in total. The molecule has 1 fully saturated rings. The maximum Gasteiger partial charge on any atom is 0.0587 e. The predicted octanol–water partition coefficient (Wildman–Crippen LogP) is 3.53. The van der Waals surface area contributed by atoms with Crippen molar-refractivity contribution in [2.75, 3.05) is 26.8 Å². The number of rotatable bonds is 8. The first-order valence-corrected chi connectivity index (χ1v) is 7.46. The van der Waals surface area contributed by atoms with Crippen LogP contribution in [0, 0.1) is 11.3 Å². The highest BCUT2D eigenvalue weighted by molar-refractivity contribution is 6.30. The van der Waals surface area contributed by atoms with Gasteiger partial charge in [-0.1, -0.05) is 30.7 Å². The van der Waals surface area contributed by atoms with Gasteiger partial charge in [-0.3, -0.25) is 0 Å². The van der Waals surface area contributed by atoms with E-state index in [4.69, 9.17) is 16.3 Å². The number of halogens is 1. The molecule has 1 aromatic rings. The van der Waals surface area contributed by atoms with E-state index in [-0.39, 0.29) is 0 Å². The molecule has 0 amide bonds. The first-order valence-electron chi connectivity index (χ1n) is 7.08. The summed E-state index contributed by atoms with van der Waals surface area (Å²) in [4.78, 5) is 0. The van der Waals surface area contributed by atoms with Gasteiger partial charge in [0.1, 0.15) is 0 Å². The molecule has 0 bridgehead atoms. The van der Waals surface area contributed by atoms with Crippen LogP contribution in [0.5, 0.6) is 0 Å². The van der Waals surface area contributed by atoms with Gasteiger partial charge in [0, 0.05) is 25.2 Å². The standard InChI is InChI=1S/C16H24ClNO/c1-16(14-5-6-14,12-18-9-10-19-2)11-13-3-7-15(17)8-4-13/h3-4,7-8,14,18H,5-6,9-12H2,1-2H3. The molecule has 0 aromatic heterocycles. The van der Waals surface area contributed by atoms with Crippen LogP contribution in [0.1, 0.15) is 25.3 Å². The number of hydrogen-bond acceptors (Lipinski definition) is 2. The summed E-state index contributed by atoms with van der Waals surface area (Å²) in [5.41, 5.74) is 1.73. The van der Waals surface area contributed by atoms with E-state index in [1.807, 2.05) is 12.1 Å². The van der Waals surface area contributed by atoms with Gasteiger partial charge in [0.25, 0.3) is 0 Å². The van der Waals surface area contributed by atoms with Crippen molar-refractivity contribution in [2.24, 2.45) is 11.3 Å². The molecular weight excluding hydrogens is 258 g/mol. The summed E-state index contributed by atoms with van der Waals surface area (Å²) in [6.45, 7) is 5.17. The van der Waals surface area contributed by atoms with Crippen molar-refractivity contribution >= 4 is 11.6 Å². The van der Waals surface area contributed by atoms with Crippen molar-refractivity contribution in [3.63, 3.8) is 0 Å². The quantitative estimate of drug-likeness (QED) is 0.736. The fraction of sp³-hybridized carbons (Fsp3) is 0.625. The van der Waals surface area contributed by atoms with E-state index in [9.17, 15) is 0 Å². The van der Waals surface area contributed by atoms with E-state index in [0.29, 0.717) is 5.41 Å². The second kappa shape index (κ2) is 6.74. The molecule has 1 atom stereocenters. The summed E-state index contributed by atoms with van der Waals surface area (Å²) in [5, 5.41) is 4.34. The van der Waals surface area contributed by atoms with Crippen molar-refractivity contribution in [2.45, 2.75) is 26.2 Å². The molecule has 1 aliphatic carbocycles. The summed E-state index contributed by atoms with van der Waals surface area (Å²) >= 11 is 5.95. The third-order valence-corrected chi connectivity index (χ3v) is 4.35. The normalized spacial score (nSPS) is 18.3. The Morgan fingerprint density at radius 1 is 1.32 bits per heavy atom. The van der Waals surface area contributed by atoms with Gasteiger partial charge >= 0.3 is 0 Å². The van der Waals surface area contributed by atoms with E-state index in [0.717, 1.165) is 37.1 Å². The van der Waals surface area contributed by atoms with Gasteiger partial charge in [-0.25, -0.2) is 0 Å². The lowest BCUT2D eigenvalue weighted by molar-refractivity contribution is 0.187. The minimum absolute atomic E-state index is 0.349. The van der Waals surface area contributed by atoms with Crippen LogP contribution in [0.2, 0.25) is 5.02 Å². The summed E-state index contributed by atoms with van der Waals surface area (Å²) in [6.07, 6.45) is 3.86. The zero-order valence-electron chi connectivity index (χ0n) is 11.9. The minimum Gasteiger partial charge on any atom is -0.383 e. The van der Waals surface area contributed by atoms with Gasteiger partial charge in [0.05, 0.1) is 6.61 Å². The Morgan fingerprint density at radius 3 is 2.58 bits per heavy atom. The summed E-state index contributed by atoms with van der Waals surface area (Å²) in [7, 11) is 1.75. The Kier molecular flexibility index (Phi) is 5.26. The number of nitrogens with one attached hydrogen (secondary N) is 1. The van der Waals surface area contributed by atoms with Crippen LogP contribution in [0.15, 0.2) is 24.3 Å². The summed E-state index contributed by atoms with van der Waals surface area (Å²) < 4.78 is 5.09. The van der Waals surface area contributed by atoms with Gasteiger partial charge in [-0.15, -0.1) is 0 Å². The zero-order valence-corrected chi connectivity index (χ0v) is 12.7. The Labute approximate surface area is 121 Å². The second-order valence-electron chi connectivity index (χ2n) is 5.90. The van der Waals surface area contributed by atoms with Crippen LogP contribution in [0.25, 0.3) is 0 Å². The first-order chi connectivity index (χ1) is 9.14. The SMILES string of the molecule is COCCNCC(C)(Cc1ccc(Cl)cc1)C1CC1. The number of ether oxygens (including phenoxy) is 1. The molecule has 1 saturated carbocycles. The van der Waals surface area contributed by atoms with Gasteiger partial charge in [-0.05, 0) is 48.3 Å². The zero-order chi connectivity index (χ0) is 13.7. The highest BCUT2D eigenvalue weighted by Crippen LogP contribution is 2.47. The minimum atomic E-state index is 0.349. The molecule has 19 heavy (non-hydrogen) atoms. The predicted molar refractivity (Wildman–Crippen MR) is 80.7 cm³/mol.